The first-order chi connectivity index (χ1) is 18.5. The topological polar surface area (TPSA) is 67.9 Å². The number of allylic oxidation sites excluding steroid dienone is 1. The fourth-order valence-electron chi connectivity index (χ4n) is 5.51. The maximum absolute atomic E-state index is 12.9. The van der Waals surface area contributed by atoms with E-state index < -0.39 is 12.0 Å². The molecule has 0 aliphatic carbocycles. The molecule has 38 heavy (non-hydrogen) atoms. The standard InChI is InChI=1S/C32H52N2O4/c1-6-9-10-11-12-13-14-15-16-17-18-19-20-22-26-23-21-24-27(38-8-3)29(26)30-28(31(35)37-5)25(4)33-32(36)34(30)7-2/h21,23-24,30H,6-20,22H2,1-5H3,(H,33,36). The summed E-state index contributed by atoms with van der Waals surface area (Å²) in [6.45, 7) is 8.89. The van der Waals surface area contributed by atoms with Gasteiger partial charge < -0.3 is 19.7 Å². The summed E-state index contributed by atoms with van der Waals surface area (Å²) >= 11 is 0. The maximum Gasteiger partial charge on any atom is 0.337 e. The van der Waals surface area contributed by atoms with Crippen LogP contribution in [-0.4, -0.2) is 37.2 Å². The summed E-state index contributed by atoms with van der Waals surface area (Å²) in [5.74, 6) is 0.302. The van der Waals surface area contributed by atoms with Crippen LogP contribution in [0.1, 0.15) is 128 Å². The zero-order chi connectivity index (χ0) is 27.8. The summed E-state index contributed by atoms with van der Waals surface area (Å²) in [5, 5.41) is 2.84. The lowest BCUT2D eigenvalue weighted by molar-refractivity contribution is -0.137. The highest BCUT2D eigenvalue weighted by atomic mass is 16.5. The van der Waals surface area contributed by atoms with Crippen molar-refractivity contribution in [2.75, 3.05) is 20.3 Å². The van der Waals surface area contributed by atoms with Crippen molar-refractivity contribution in [1.29, 1.82) is 0 Å². The molecule has 0 bridgehead atoms. The predicted octanol–water partition coefficient (Wildman–Crippen LogP) is 8.25. The summed E-state index contributed by atoms with van der Waals surface area (Å²) in [4.78, 5) is 27.5. The minimum atomic E-state index is -0.541. The zero-order valence-electron chi connectivity index (χ0n) is 24.7. The highest BCUT2D eigenvalue weighted by Gasteiger charge is 2.40. The van der Waals surface area contributed by atoms with Crippen molar-refractivity contribution in [3.05, 3.63) is 40.6 Å². The molecule has 1 aliphatic heterocycles. The van der Waals surface area contributed by atoms with Crippen molar-refractivity contribution >= 4 is 12.0 Å². The number of carbonyl (C=O) groups is 2. The molecule has 1 heterocycles. The number of urea groups is 1. The van der Waals surface area contributed by atoms with Crippen LogP contribution < -0.4 is 10.1 Å². The average molecular weight is 529 g/mol. The quantitative estimate of drug-likeness (QED) is 0.145. The number of nitrogens with one attached hydrogen (secondary N) is 1. The van der Waals surface area contributed by atoms with Crippen molar-refractivity contribution in [1.82, 2.24) is 10.2 Å². The van der Waals surface area contributed by atoms with Gasteiger partial charge in [0.1, 0.15) is 5.75 Å². The highest BCUT2D eigenvalue weighted by Crippen LogP contribution is 2.41. The molecule has 0 fully saturated rings. The van der Waals surface area contributed by atoms with Crippen molar-refractivity contribution < 1.29 is 19.1 Å². The third kappa shape index (κ3) is 9.36. The van der Waals surface area contributed by atoms with E-state index in [0.717, 1.165) is 29.7 Å². The van der Waals surface area contributed by atoms with E-state index in [0.29, 0.717) is 24.4 Å². The second kappa shape index (κ2) is 17.9. The Labute approximate surface area is 231 Å². The summed E-state index contributed by atoms with van der Waals surface area (Å²) in [6, 6.07) is 5.32. The lowest BCUT2D eigenvalue weighted by atomic mass is 9.87. The van der Waals surface area contributed by atoms with Gasteiger partial charge in [0.25, 0.3) is 0 Å². The molecule has 214 valence electrons. The van der Waals surface area contributed by atoms with E-state index in [1.54, 1.807) is 11.8 Å². The number of unbranched alkanes of at least 4 members (excludes halogenated alkanes) is 12. The van der Waals surface area contributed by atoms with Crippen molar-refractivity contribution in [2.45, 2.75) is 124 Å². The number of likely N-dealkylation sites (N-methyl/N-ethyl adjacent to an activating group) is 1. The summed E-state index contributed by atoms with van der Waals surface area (Å²) < 4.78 is 11.2. The van der Waals surface area contributed by atoms with Gasteiger partial charge in [0.05, 0.1) is 25.3 Å². The molecule has 0 saturated heterocycles. The number of nitrogens with zero attached hydrogens (tertiary/aromatic N) is 1. The fourth-order valence-corrected chi connectivity index (χ4v) is 5.51. The number of rotatable bonds is 19. The van der Waals surface area contributed by atoms with Crippen LogP contribution in [0, 0.1) is 0 Å². The number of methoxy groups -OCH3 is 1. The second-order valence-corrected chi connectivity index (χ2v) is 10.4. The Hall–Kier alpha value is -2.50. The number of aryl methyl sites for hydroxylation is 1. The molecular formula is C32H52N2O4. The molecule has 1 aliphatic rings. The smallest absolute Gasteiger partial charge is 0.337 e. The molecule has 0 radical (unpaired) electrons. The van der Waals surface area contributed by atoms with Gasteiger partial charge in [0.15, 0.2) is 0 Å². The number of benzene rings is 1. The van der Waals surface area contributed by atoms with Gasteiger partial charge in [0, 0.05) is 17.8 Å². The van der Waals surface area contributed by atoms with E-state index in [1.807, 2.05) is 26.0 Å². The minimum absolute atomic E-state index is 0.208. The van der Waals surface area contributed by atoms with E-state index in [9.17, 15) is 9.59 Å². The third-order valence-electron chi connectivity index (χ3n) is 7.57. The molecule has 2 rings (SSSR count). The van der Waals surface area contributed by atoms with Gasteiger partial charge in [-0.05, 0) is 45.2 Å². The van der Waals surface area contributed by atoms with Gasteiger partial charge >= 0.3 is 12.0 Å². The summed E-state index contributed by atoms with van der Waals surface area (Å²) in [5.41, 5.74) is 3.04. The van der Waals surface area contributed by atoms with Gasteiger partial charge in [0.2, 0.25) is 0 Å². The largest absolute Gasteiger partial charge is 0.493 e. The highest BCUT2D eigenvalue weighted by molar-refractivity contribution is 5.95. The molecule has 6 heteroatoms. The normalized spacial score (nSPS) is 15.6. The fraction of sp³-hybridized carbons (Fsp3) is 0.688. The molecule has 1 atom stereocenters. The van der Waals surface area contributed by atoms with E-state index in [-0.39, 0.29) is 6.03 Å². The molecular weight excluding hydrogens is 476 g/mol. The lowest BCUT2D eigenvalue weighted by Crippen LogP contribution is -2.48. The first-order valence-electron chi connectivity index (χ1n) is 15.1. The van der Waals surface area contributed by atoms with Crippen molar-refractivity contribution in [2.24, 2.45) is 0 Å². The third-order valence-corrected chi connectivity index (χ3v) is 7.57. The lowest BCUT2D eigenvalue weighted by Gasteiger charge is -2.38. The van der Waals surface area contributed by atoms with Gasteiger partial charge in [-0.25, -0.2) is 9.59 Å². The molecule has 0 spiro atoms. The second-order valence-electron chi connectivity index (χ2n) is 10.4. The number of hydrogen-bond donors (Lipinski definition) is 1. The van der Waals surface area contributed by atoms with Gasteiger partial charge in [-0.2, -0.15) is 0 Å². The number of ether oxygens (including phenoxy) is 2. The minimum Gasteiger partial charge on any atom is -0.493 e. The molecule has 1 aromatic rings. The average Bonchev–Trinajstić information content (AvgIpc) is 2.91. The predicted molar refractivity (Wildman–Crippen MR) is 155 cm³/mol. The van der Waals surface area contributed by atoms with Crippen molar-refractivity contribution in [3.63, 3.8) is 0 Å². The van der Waals surface area contributed by atoms with Crippen LogP contribution in [-0.2, 0) is 16.0 Å². The molecule has 1 aromatic carbocycles. The zero-order valence-corrected chi connectivity index (χ0v) is 24.7. The molecule has 0 aromatic heterocycles. The van der Waals surface area contributed by atoms with Crippen LogP contribution in [0.25, 0.3) is 0 Å². The van der Waals surface area contributed by atoms with E-state index in [2.05, 4.69) is 18.3 Å². The maximum atomic E-state index is 12.9. The van der Waals surface area contributed by atoms with Crippen LogP contribution in [0.2, 0.25) is 0 Å². The van der Waals surface area contributed by atoms with Crippen LogP contribution in [0.5, 0.6) is 5.75 Å². The number of hydrogen-bond acceptors (Lipinski definition) is 4. The number of esters is 1. The van der Waals surface area contributed by atoms with Gasteiger partial charge in [-0.15, -0.1) is 0 Å². The first-order valence-corrected chi connectivity index (χ1v) is 15.1. The summed E-state index contributed by atoms with van der Waals surface area (Å²) in [6.07, 6.45) is 18.0. The monoisotopic (exact) mass is 528 g/mol. The molecule has 1 N–H and O–H groups in total. The Balaban J connectivity index is 2.02. The van der Waals surface area contributed by atoms with Crippen LogP contribution >= 0.6 is 0 Å². The van der Waals surface area contributed by atoms with Crippen LogP contribution in [0.15, 0.2) is 29.5 Å². The molecule has 0 saturated carbocycles. The Morgan fingerprint density at radius 3 is 2.00 bits per heavy atom. The van der Waals surface area contributed by atoms with Crippen LogP contribution in [0.4, 0.5) is 4.79 Å². The van der Waals surface area contributed by atoms with E-state index >= 15 is 0 Å². The van der Waals surface area contributed by atoms with Gasteiger partial charge in [-0.1, -0.05) is 96.1 Å². The van der Waals surface area contributed by atoms with Crippen LogP contribution in [0.3, 0.4) is 0 Å². The molecule has 1 unspecified atom stereocenters. The summed E-state index contributed by atoms with van der Waals surface area (Å²) in [7, 11) is 1.38. The Morgan fingerprint density at radius 1 is 0.895 bits per heavy atom. The van der Waals surface area contributed by atoms with Gasteiger partial charge in [-0.3, -0.25) is 0 Å². The Bertz CT molecular complexity index is 895. The number of amides is 2. The Morgan fingerprint density at radius 2 is 1.47 bits per heavy atom. The molecule has 2 amide bonds. The Kier molecular flexibility index (Phi) is 14.9. The van der Waals surface area contributed by atoms with E-state index in [1.165, 1.54) is 84.2 Å². The first kappa shape index (κ1) is 31.7. The SMILES string of the molecule is CCCCCCCCCCCCCCCc1cccc(OCC)c1C1C(C(=O)OC)=C(C)NC(=O)N1CC. The van der Waals surface area contributed by atoms with E-state index in [4.69, 9.17) is 9.47 Å². The molecule has 6 nitrogen and oxygen atoms in total. The van der Waals surface area contributed by atoms with Crippen molar-refractivity contribution in [3.8, 4) is 5.75 Å². The number of carbonyl (C=O) groups excluding carboxylic acids is 2.